The number of aldehydes is 1. The summed E-state index contributed by atoms with van der Waals surface area (Å²) in [6.45, 7) is 0.493. The van der Waals surface area contributed by atoms with Gasteiger partial charge in [-0.15, -0.1) is 0 Å². The number of aromatic hydroxyl groups is 1. The molecular weight excluding hydrogens is 318 g/mol. The molecule has 3 rings (SSSR count). The summed E-state index contributed by atoms with van der Waals surface area (Å²) in [5.74, 6) is 1.67. The van der Waals surface area contributed by atoms with E-state index in [2.05, 4.69) is 11.1 Å². The Morgan fingerprint density at radius 3 is 2.88 bits per heavy atom. The van der Waals surface area contributed by atoms with E-state index in [-0.39, 0.29) is 11.3 Å². The van der Waals surface area contributed by atoms with Crippen molar-refractivity contribution in [2.24, 2.45) is 5.92 Å². The third kappa shape index (κ3) is 3.76. The van der Waals surface area contributed by atoms with Gasteiger partial charge in [-0.05, 0) is 37.0 Å². The van der Waals surface area contributed by atoms with Gasteiger partial charge in [-0.3, -0.25) is 4.79 Å². The van der Waals surface area contributed by atoms with E-state index in [9.17, 15) is 9.90 Å². The van der Waals surface area contributed by atoms with Crippen LogP contribution in [0, 0.1) is 5.92 Å². The fourth-order valence-corrected chi connectivity index (χ4v) is 3.65. The summed E-state index contributed by atoms with van der Waals surface area (Å²) >= 11 is 0. The van der Waals surface area contributed by atoms with E-state index in [1.807, 2.05) is 6.07 Å². The van der Waals surface area contributed by atoms with Crippen LogP contribution in [-0.4, -0.2) is 30.1 Å². The van der Waals surface area contributed by atoms with Crippen molar-refractivity contribution in [1.82, 2.24) is 4.98 Å². The van der Waals surface area contributed by atoms with Gasteiger partial charge in [-0.1, -0.05) is 25.0 Å². The first-order valence-corrected chi connectivity index (χ1v) is 8.63. The number of pyridine rings is 1. The fourth-order valence-electron chi connectivity index (χ4n) is 3.65. The summed E-state index contributed by atoms with van der Waals surface area (Å²) in [5.41, 5.74) is 1.32. The SMILES string of the molecule is COc1ncccc1C1CCCCC1COc1cccc(O)c1C=O. The number of phenolic OH excluding ortho intramolecular Hbond substituents is 1. The minimum Gasteiger partial charge on any atom is -0.507 e. The highest BCUT2D eigenvalue weighted by Gasteiger charge is 2.29. The van der Waals surface area contributed by atoms with Gasteiger partial charge in [0.05, 0.1) is 19.3 Å². The summed E-state index contributed by atoms with van der Waals surface area (Å²) < 4.78 is 11.4. The second-order valence-corrected chi connectivity index (χ2v) is 6.37. The highest BCUT2D eigenvalue weighted by Crippen LogP contribution is 2.41. The van der Waals surface area contributed by atoms with Crippen LogP contribution in [0.1, 0.15) is 47.5 Å². The lowest BCUT2D eigenvalue weighted by Gasteiger charge is -2.32. The molecule has 1 saturated carbocycles. The maximum atomic E-state index is 11.2. The minimum atomic E-state index is -0.0541. The molecule has 2 aromatic rings. The van der Waals surface area contributed by atoms with Crippen molar-refractivity contribution >= 4 is 6.29 Å². The van der Waals surface area contributed by atoms with Gasteiger partial charge >= 0.3 is 0 Å². The third-order valence-corrected chi connectivity index (χ3v) is 4.92. The topological polar surface area (TPSA) is 68.7 Å². The molecule has 0 saturated heterocycles. The Kier molecular flexibility index (Phi) is 5.53. The lowest BCUT2D eigenvalue weighted by atomic mass is 9.76. The Morgan fingerprint density at radius 1 is 1.24 bits per heavy atom. The first-order chi connectivity index (χ1) is 12.2. The van der Waals surface area contributed by atoms with Crippen LogP contribution in [-0.2, 0) is 0 Å². The second kappa shape index (κ2) is 8.01. The maximum absolute atomic E-state index is 11.2. The number of methoxy groups -OCH3 is 1. The first kappa shape index (κ1) is 17.3. The van der Waals surface area contributed by atoms with Crippen LogP contribution in [0.5, 0.6) is 17.4 Å². The molecule has 1 aromatic carbocycles. The number of hydrogen-bond donors (Lipinski definition) is 1. The first-order valence-electron chi connectivity index (χ1n) is 8.63. The molecule has 1 N–H and O–H groups in total. The molecule has 0 radical (unpaired) electrons. The summed E-state index contributed by atoms with van der Waals surface area (Å²) in [4.78, 5) is 15.5. The molecule has 0 bridgehead atoms. The predicted octanol–water partition coefficient (Wildman–Crippen LogP) is 3.96. The molecule has 2 atom stereocenters. The van der Waals surface area contributed by atoms with Crippen LogP contribution < -0.4 is 9.47 Å². The summed E-state index contributed by atoms with van der Waals surface area (Å²) in [6, 6.07) is 8.89. The van der Waals surface area contributed by atoms with Crippen molar-refractivity contribution in [3.8, 4) is 17.4 Å². The van der Waals surface area contributed by atoms with Crippen molar-refractivity contribution in [3.05, 3.63) is 47.7 Å². The molecule has 0 aliphatic heterocycles. The van der Waals surface area contributed by atoms with Crippen molar-refractivity contribution in [2.75, 3.05) is 13.7 Å². The molecule has 0 amide bonds. The number of rotatable bonds is 6. The van der Waals surface area contributed by atoms with Gasteiger partial charge in [0.15, 0.2) is 6.29 Å². The number of carbonyl (C=O) groups is 1. The van der Waals surface area contributed by atoms with E-state index in [0.29, 0.717) is 36.4 Å². The monoisotopic (exact) mass is 341 g/mol. The molecule has 5 nitrogen and oxygen atoms in total. The highest BCUT2D eigenvalue weighted by molar-refractivity contribution is 5.83. The van der Waals surface area contributed by atoms with Crippen LogP contribution in [0.3, 0.4) is 0 Å². The van der Waals surface area contributed by atoms with Crippen molar-refractivity contribution in [1.29, 1.82) is 0 Å². The Bertz CT molecular complexity index is 731. The fraction of sp³-hybridized carbons (Fsp3) is 0.400. The number of nitrogens with zero attached hydrogens (tertiary/aromatic N) is 1. The van der Waals surface area contributed by atoms with Gasteiger partial charge in [0.25, 0.3) is 0 Å². The van der Waals surface area contributed by atoms with Gasteiger partial charge in [0, 0.05) is 17.7 Å². The molecule has 1 fully saturated rings. The van der Waals surface area contributed by atoms with Crippen LogP contribution >= 0.6 is 0 Å². The van der Waals surface area contributed by atoms with Gasteiger partial charge < -0.3 is 14.6 Å². The molecule has 1 aromatic heterocycles. The van der Waals surface area contributed by atoms with Gasteiger partial charge in [-0.2, -0.15) is 0 Å². The lowest BCUT2D eigenvalue weighted by Crippen LogP contribution is -2.24. The average Bonchev–Trinajstić information content (AvgIpc) is 2.66. The molecule has 1 heterocycles. The van der Waals surface area contributed by atoms with Gasteiger partial charge in [0.1, 0.15) is 11.5 Å². The van der Waals surface area contributed by atoms with Crippen LogP contribution in [0.2, 0.25) is 0 Å². The highest BCUT2D eigenvalue weighted by atomic mass is 16.5. The van der Waals surface area contributed by atoms with Crippen molar-refractivity contribution < 1.29 is 19.4 Å². The number of carbonyl (C=O) groups excluding carboxylic acids is 1. The van der Waals surface area contributed by atoms with E-state index >= 15 is 0 Å². The van der Waals surface area contributed by atoms with Crippen molar-refractivity contribution in [2.45, 2.75) is 31.6 Å². The number of hydrogen-bond acceptors (Lipinski definition) is 5. The maximum Gasteiger partial charge on any atom is 0.216 e. The Morgan fingerprint density at radius 2 is 2.08 bits per heavy atom. The quantitative estimate of drug-likeness (QED) is 0.806. The molecule has 5 heteroatoms. The zero-order valence-corrected chi connectivity index (χ0v) is 14.4. The van der Waals surface area contributed by atoms with Gasteiger partial charge in [-0.25, -0.2) is 4.98 Å². The number of aromatic nitrogens is 1. The summed E-state index contributed by atoms with van der Waals surface area (Å²) in [5, 5.41) is 9.79. The zero-order valence-electron chi connectivity index (χ0n) is 14.4. The largest absolute Gasteiger partial charge is 0.507 e. The Hall–Kier alpha value is -2.56. The summed E-state index contributed by atoms with van der Waals surface area (Å²) in [6.07, 6.45) is 6.82. The van der Waals surface area contributed by atoms with Crippen molar-refractivity contribution in [3.63, 3.8) is 0 Å². The molecular formula is C20H23NO4. The summed E-state index contributed by atoms with van der Waals surface area (Å²) in [7, 11) is 1.64. The molecule has 25 heavy (non-hydrogen) atoms. The molecule has 1 aliphatic carbocycles. The second-order valence-electron chi connectivity index (χ2n) is 6.37. The van der Waals surface area contributed by atoms with Crippen LogP contribution in [0.15, 0.2) is 36.5 Å². The lowest BCUT2D eigenvalue weighted by molar-refractivity contribution is 0.111. The van der Waals surface area contributed by atoms with E-state index in [4.69, 9.17) is 9.47 Å². The molecule has 1 aliphatic rings. The minimum absolute atomic E-state index is 0.0541. The number of phenols is 1. The zero-order chi connectivity index (χ0) is 17.6. The van der Waals surface area contributed by atoms with E-state index < -0.39 is 0 Å². The average molecular weight is 341 g/mol. The Labute approximate surface area is 147 Å². The van der Waals surface area contributed by atoms with Crippen LogP contribution in [0.25, 0.3) is 0 Å². The molecule has 132 valence electrons. The molecule has 0 spiro atoms. The van der Waals surface area contributed by atoms with Gasteiger partial charge in [0.2, 0.25) is 5.88 Å². The normalized spacial score (nSPS) is 20.0. The predicted molar refractivity (Wildman–Crippen MR) is 94.5 cm³/mol. The van der Waals surface area contributed by atoms with E-state index in [1.54, 1.807) is 25.4 Å². The van der Waals surface area contributed by atoms with Crippen LogP contribution in [0.4, 0.5) is 0 Å². The van der Waals surface area contributed by atoms with E-state index in [1.165, 1.54) is 12.5 Å². The third-order valence-electron chi connectivity index (χ3n) is 4.92. The molecule has 2 unspecified atom stereocenters. The number of benzene rings is 1. The van der Waals surface area contributed by atoms with E-state index in [0.717, 1.165) is 24.8 Å². The number of ether oxygens (including phenoxy) is 2. The smallest absolute Gasteiger partial charge is 0.216 e. The Balaban J connectivity index is 1.78. The standard InChI is InChI=1S/C20H23NO4/c1-24-20-16(8-5-11-21-20)15-7-3-2-6-14(15)13-25-19-10-4-9-18(23)17(19)12-22/h4-5,8-12,14-15,23H,2-3,6-7,13H2,1H3.